The first kappa shape index (κ1) is 17.4. The molecule has 0 saturated carbocycles. The van der Waals surface area contributed by atoms with Gasteiger partial charge in [-0.1, -0.05) is 18.2 Å². The lowest BCUT2D eigenvalue weighted by atomic mass is 10.1. The van der Waals surface area contributed by atoms with Crippen LogP contribution in [0.2, 0.25) is 0 Å². The molecule has 3 aromatic rings. The maximum atomic E-state index is 12.5. The van der Waals surface area contributed by atoms with E-state index in [0.717, 1.165) is 46.9 Å². The number of piperazine rings is 1. The lowest BCUT2D eigenvalue weighted by Crippen LogP contribution is -2.50. The number of aromatic nitrogens is 2. The molecule has 1 N–H and O–H groups in total. The smallest absolute Gasteiger partial charge is 0.260 e. The third-order valence-electron chi connectivity index (χ3n) is 4.87. The molecule has 0 radical (unpaired) electrons. The van der Waals surface area contributed by atoms with Crippen LogP contribution in [-0.4, -0.2) is 53.6 Å². The Hall–Kier alpha value is -3.02. The number of aryl methyl sites for hydroxylation is 2. The van der Waals surface area contributed by atoms with Gasteiger partial charge in [0, 0.05) is 26.2 Å². The van der Waals surface area contributed by atoms with E-state index in [2.05, 4.69) is 20.9 Å². The van der Waals surface area contributed by atoms with Crippen LogP contribution in [0, 0.1) is 13.8 Å². The van der Waals surface area contributed by atoms with Gasteiger partial charge in [-0.05, 0) is 49.2 Å². The number of hydrogen-bond donors (Lipinski definition) is 1. The van der Waals surface area contributed by atoms with E-state index in [9.17, 15) is 4.79 Å². The van der Waals surface area contributed by atoms with Crippen LogP contribution < -0.4 is 9.64 Å². The first-order valence-electron chi connectivity index (χ1n) is 9.27. The molecule has 2 heterocycles. The van der Waals surface area contributed by atoms with Gasteiger partial charge in [-0.2, -0.15) is 0 Å². The topological polar surface area (TPSA) is 61.5 Å². The predicted octanol–water partition coefficient (Wildman–Crippen LogP) is 2.91. The second-order valence-electron chi connectivity index (χ2n) is 7.06. The molecule has 1 saturated heterocycles. The molecule has 1 aliphatic rings. The second kappa shape index (κ2) is 7.31. The van der Waals surface area contributed by atoms with E-state index in [0.29, 0.717) is 13.1 Å². The molecule has 0 spiro atoms. The zero-order chi connectivity index (χ0) is 18.8. The number of benzene rings is 2. The molecule has 4 rings (SSSR count). The molecule has 6 heteroatoms. The van der Waals surface area contributed by atoms with Gasteiger partial charge in [0.05, 0.1) is 11.0 Å². The van der Waals surface area contributed by atoms with E-state index >= 15 is 0 Å². The molecular weight excluding hydrogens is 340 g/mol. The second-order valence-corrected chi connectivity index (χ2v) is 7.06. The predicted molar refractivity (Wildman–Crippen MR) is 106 cm³/mol. The lowest BCUT2D eigenvalue weighted by molar-refractivity contribution is -0.133. The van der Waals surface area contributed by atoms with Gasteiger partial charge >= 0.3 is 0 Å². The number of para-hydroxylation sites is 2. The maximum Gasteiger partial charge on any atom is 0.260 e. The number of carbonyl (C=O) groups is 1. The highest BCUT2D eigenvalue weighted by Crippen LogP contribution is 2.19. The number of anilines is 1. The van der Waals surface area contributed by atoms with Crippen LogP contribution in [0.3, 0.4) is 0 Å². The van der Waals surface area contributed by atoms with Crippen molar-refractivity contribution in [3.63, 3.8) is 0 Å². The average Bonchev–Trinajstić information content (AvgIpc) is 3.10. The highest BCUT2D eigenvalue weighted by Gasteiger charge is 2.23. The maximum absolute atomic E-state index is 12.5. The highest BCUT2D eigenvalue weighted by molar-refractivity contribution is 5.79. The Bertz CT molecular complexity index is 904. The largest absolute Gasteiger partial charge is 0.484 e. The zero-order valence-electron chi connectivity index (χ0n) is 15.7. The molecule has 0 bridgehead atoms. The van der Waals surface area contributed by atoms with E-state index in [1.54, 1.807) is 0 Å². The van der Waals surface area contributed by atoms with Crippen LogP contribution in [-0.2, 0) is 4.79 Å². The third-order valence-corrected chi connectivity index (χ3v) is 4.87. The summed E-state index contributed by atoms with van der Waals surface area (Å²) in [5, 5.41) is 0. The summed E-state index contributed by atoms with van der Waals surface area (Å²) < 4.78 is 5.71. The fourth-order valence-corrected chi connectivity index (χ4v) is 3.51. The van der Waals surface area contributed by atoms with Crippen molar-refractivity contribution in [1.82, 2.24) is 14.9 Å². The standard InChI is InChI=1S/C21H24N4O2/c1-15-11-16(2)13-17(12-15)27-14-20(26)24-7-9-25(10-8-24)21-22-18-5-3-4-6-19(18)23-21/h3-6,11-13H,7-10,14H2,1-2H3,(H,22,23). The molecule has 0 unspecified atom stereocenters. The van der Waals surface area contributed by atoms with Crippen LogP contribution in [0.1, 0.15) is 11.1 Å². The normalized spacial score (nSPS) is 14.6. The Morgan fingerprint density at radius 1 is 1.07 bits per heavy atom. The molecule has 140 valence electrons. The monoisotopic (exact) mass is 364 g/mol. The minimum atomic E-state index is 0.0263. The first-order chi connectivity index (χ1) is 13.1. The van der Waals surface area contributed by atoms with Crippen molar-refractivity contribution in [2.75, 3.05) is 37.7 Å². The van der Waals surface area contributed by atoms with Crippen LogP contribution in [0.5, 0.6) is 5.75 Å². The number of H-pyrrole nitrogens is 1. The summed E-state index contributed by atoms with van der Waals surface area (Å²) in [7, 11) is 0. The summed E-state index contributed by atoms with van der Waals surface area (Å²) in [6.07, 6.45) is 0. The number of amides is 1. The fraction of sp³-hybridized carbons (Fsp3) is 0.333. The molecule has 1 fully saturated rings. The lowest BCUT2D eigenvalue weighted by Gasteiger charge is -2.34. The minimum absolute atomic E-state index is 0.0263. The average molecular weight is 364 g/mol. The Labute approximate surface area is 158 Å². The number of rotatable bonds is 4. The first-order valence-corrected chi connectivity index (χ1v) is 9.27. The number of nitrogens with one attached hydrogen (secondary N) is 1. The van der Waals surface area contributed by atoms with E-state index < -0.39 is 0 Å². The highest BCUT2D eigenvalue weighted by atomic mass is 16.5. The molecule has 1 amide bonds. The van der Waals surface area contributed by atoms with Gasteiger partial charge in [0.2, 0.25) is 5.95 Å². The number of fused-ring (bicyclic) bond motifs is 1. The third kappa shape index (κ3) is 3.89. The molecule has 0 aliphatic carbocycles. The van der Waals surface area contributed by atoms with Crippen molar-refractivity contribution in [2.24, 2.45) is 0 Å². The van der Waals surface area contributed by atoms with E-state index in [1.807, 2.05) is 55.1 Å². The Morgan fingerprint density at radius 3 is 2.48 bits per heavy atom. The van der Waals surface area contributed by atoms with Crippen LogP contribution in [0.25, 0.3) is 11.0 Å². The van der Waals surface area contributed by atoms with Crippen LogP contribution >= 0.6 is 0 Å². The number of ether oxygens (including phenoxy) is 1. The molecule has 27 heavy (non-hydrogen) atoms. The van der Waals surface area contributed by atoms with Crippen molar-refractivity contribution in [2.45, 2.75) is 13.8 Å². The van der Waals surface area contributed by atoms with Crippen molar-refractivity contribution < 1.29 is 9.53 Å². The van der Waals surface area contributed by atoms with E-state index in [-0.39, 0.29) is 12.5 Å². The quantitative estimate of drug-likeness (QED) is 0.773. The van der Waals surface area contributed by atoms with Gasteiger partial charge in [-0.15, -0.1) is 0 Å². The number of carbonyl (C=O) groups excluding carboxylic acids is 1. The van der Waals surface area contributed by atoms with Crippen molar-refractivity contribution >= 4 is 22.9 Å². The minimum Gasteiger partial charge on any atom is -0.484 e. The van der Waals surface area contributed by atoms with Gasteiger partial charge in [0.15, 0.2) is 6.61 Å². The summed E-state index contributed by atoms with van der Waals surface area (Å²) in [4.78, 5) is 24.5. The Kier molecular flexibility index (Phi) is 4.71. The fourth-order valence-electron chi connectivity index (χ4n) is 3.51. The van der Waals surface area contributed by atoms with E-state index in [4.69, 9.17) is 4.74 Å². The Morgan fingerprint density at radius 2 is 1.78 bits per heavy atom. The SMILES string of the molecule is Cc1cc(C)cc(OCC(=O)N2CCN(c3nc4ccccc4[nH]3)CC2)c1. The molecule has 1 aliphatic heterocycles. The summed E-state index contributed by atoms with van der Waals surface area (Å²) in [6, 6.07) is 14.0. The number of hydrogen-bond acceptors (Lipinski definition) is 4. The van der Waals surface area contributed by atoms with Gasteiger partial charge in [-0.3, -0.25) is 4.79 Å². The van der Waals surface area contributed by atoms with Crippen molar-refractivity contribution in [3.05, 3.63) is 53.6 Å². The summed E-state index contributed by atoms with van der Waals surface area (Å²) in [6.45, 7) is 6.99. The van der Waals surface area contributed by atoms with Gasteiger partial charge in [0.25, 0.3) is 5.91 Å². The summed E-state index contributed by atoms with van der Waals surface area (Å²) in [5.41, 5.74) is 4.27. The van der Waals surface area contributed by atoms with Crippen LogP contribution in [0.4, 0.5) is 5.95 Å². The van der Waals surface area contributed by atoms with E-state index in [1.165, 1.54) is 0 Å². The Balaban J connectivity index is 1.32. The molecule has 0 atom stereocenters. The van der Waals surface area contributed by atoms with Crippen molar-refractivity contribution in [1.29, 1.82) is 0 Å². The van der Waals surface area contributed by atoms with Gasteiger partial charge in [0.1, 0.15) is 5.75 Å². The number of nitrogens with zero attached hydrogens (tertiary/aromatic N) is 3. The van der Waals surface area contributed by atoms with Gasteiger partial charge in [-0.25, -0.2) is 4.98 Å². The van der Waals surface area contributed by atoms with Gasteiger partial charge < -0.3 is 19.5 Å². The van der Waals surface area contributed by atoms with Crippen molar-refractivity contribution in [3.8, 4) is 5.75 Å². The number of imidazole rings is 1. The summed E-state index contributed by atoms with van der Waals surface area (Å²) in [5.74, 6) is 1.65. The van der Waals surface area contributed by atoms with Crippen LogP contribution in [0.15, 0.2) is 42.5 Å². The zero-order valence-corrected chi connectivity index (χ0v) is 15.7. The molecule has 1 aromatic heterocycles. The molecular formula is C21H24N4O2. The molecule has 2 aromatic carbocycles. The summed E-state index contributed by atoms with van der Waals surface area (Å²) >= 11 is 0. The molecule has 6 nitrogen and oxygen atoms in total. The number of aromatic amines is 1.